The second-order valence-electron chi connectivity index (χ2n) is 8.06. The van der Waals surface area contributed by atoms with Gasteiger partial charge >= 0.3 is 0 Å². The molecule has 3 rings (SSSR count). The van der Waals surface area contributed by atoms with Crippen LogP contribution in [0.3, 0.4) is 0 Å². The van der Waals surface area contributed by atoms with Crippen molar-refractivity contribution in [2.45, 2.75) is 38.5 Å². The smallest absolute Gasteiger partial charge is 0.271 e. The molecule has 1 fully saturated rings. The minimum absolute atomic E-state index is 0.131. The molecular formula is C24H29N3O6. The normalized spacial score (nSPS) is 13.8. The number of ether oxygens (including phenoxy) is 2. The molecule has 0 radical (unpaired) electrons. The van der Waals surface area contributed by atoms with E-state index in [9.17, 15) is 19.7 Å². The zero-order chi connectivity index (χ0) is 23.5. The zero-order valence-electron chi connectivity index (χ0n) is 18.5. The summed E-state index contributed by atoms with van der Waals surface area (Å²) < 4.78 is 10.9. The van der Waals surface area contributed by atoms with Crippen LogP contribution in [0, 0.1) is 16.0 Å². The number of carbonyl (C=O) groups excluding carboxylic acids is 2. The maximum Gasteiger partial charge on any atom is 0.271 e. The number of benzene rings is 2. The molecule has 2 N–H and O–H groups in total. The lowest BCUT2D eigenvalue weighted by Gasteiger charge is -2.21. The Hall–Kier alpha value is -3.46. The van der Waals surface area contributed by atoms with Crippen LogP contribution >= 0.6 is 0 Å². The first kappa shape index (κ1) is 24.2. The van der Waals surface area contributed by atoms with Crippen molar-refractivity contribution in [1.82, 2.24) is 0 Å². The van der Waals surface area contributed by atoms with E-state index >= 15 is 0 Å². The predicted molar refractivity (Wildman–Crippen MR) is 124 cm³/mol. The summed E-state index contributed by atoms with van der Waals surface area (Å²) in [6.07, 6.45) is 7.67. The summed E-state index contributed by atoms with van der Waals surface area (Å²) in [6.45, 7) is 0.0362. The first-order valence-electron chi connectivity index (χ1n) is 11.1. The summed E-state index contributed by atoms with van der Waals surface area (Å²) in [5.41, 5.74) is 0.751. The van der Waals surface area contributed by atoms with Gasteiger partial charge in [-0.2, -0.15) is 0 Å². The van der Waals surface area contributed by atoms with Gasteiger partial charge in [0.2, 0.25) is 11.8 Å². The molecule has 176 valence electrons. The number of hydrogen-bond donors (Lipinski definition) is 2. The lowest BCUT2D eigenvalue weighted by atomic mass is 9.87. The molecule has 2 aromatic rings. The summed E-state index contributed by atoms with van der Waals surface area (Å²) in [6, 6.07) is 12.7. The summed E-state index contributed by atoms with van der Waals surface area (Å²) in [7, 11) is 0. The highest BCUT2D eigenvalue weighted by Gasteiger charge is 2.13. The summed E-state index contributed by atoms with van der Waals surface area (Å²) >= 11 is 0. The number of rotatable bonds is 11. The molecular weight excluding hydrogens is 426 g/mol. The van der Waals surface area contributed by atoms with Crippen LogP contribution in [0.25, 0.3) is 0 Å². The highest BCUT2D eigenvalue weighted by atomic mass is 16.6. The molecule has 1 saturated carbocycles. The number of nitrogens with one attached hydrogen (secondary N) is 2. The highest BCUT2D eigenvalue weighted by Crippen LogP contribution is 2.26. The summed E-state index contributed by atoms with van der Waals surface area (Å²) in [5, 5.41) is 16.0. The Morgan fingerprint density at radius 3 is 2.27 bits per heavy atom. The molecule has 0 saturated heterocycles. The standard InChI is InChI=1S/C24H29N3O6/c28-23(16-32-17-24(29)26-20-7-4-8-21(15-20)27(30)31)25-19-9-11-22(12-10-19)33-14-13-18-5-2-1-3-6-18/h4,7-12,15,18H,1-3,5-6,13-14,16-17H2,(H,25,28)(H,26,29). The van der Waals surface area contributed by atoms with Crippen LogP contribution in [0.1, 0.15) is 38.5 Å². The monoisotopic (exact) mass is 455 g/mol. The second-order valence-corrected chi connectivity index (χ2v) is 8.06. The van der Waals surface area contributed by atoms with Gasteiger partial charge in [0.25, 0.3) is 5.69 Å². The molecule has 2 amide bonds. The van der Waals surface area contributed by atoms with E-state index in [0.717, 1.165) is 18.1 Å². The molecule has 0 atom stereocenters. The predicted octanol–water partition coefficient (Wildman–Crippen LogP) is 4.54. The first-order chi connectivity index (χ1) is 16.0. The lowest BCUT2D eigenvalue weighted by molar-refractivity contribution is -0.384. The van der Waals surface area contributed by atoms with Gasteiger partial charge in [-0.1, -0.05) is 38.2 Å². The molecule has 9 nitrogen and oxygen atoms in total. The molecule has 1 aliphatic rings. The Labute approximate surface area is 192 Å². The molecule has 0 bridgehead atoms. The van der Waals surface area contributed by atoms with Crippen molar-refractivity contribution >= 4 is 28.9 Å². The molecule has 2 aromatic carbocycles. The van der Waals surface area contributed by atoms with Crippen molar-refractivity contribution in [3.8, 4) is 5.75 Å². The Morgan fingerprint density at radius 2 is 1.61 bits per heavy atom. The SMILES string of the molecule is O=C(COCC(=O)Nc1cccc([N+](=O)[O-])c1)Nc1ccc(OCCC2CCCCC2)cc1. The third-order valence-corrected chi connectivity index (χ3v) is 5.46. The van der Waals surface area contributed by atoms with E-state index in [1.807, 2.05) is 12.1 Å². The molecule has 0 unspecified atom stereocenters. The van der Waals surface area contributed by atoms with E-state index in [2.05, 4.69) is 10.6 Å². The summed E-state index contributed by atoms with van der Waals surface area (Å²) in [4.78, 5) is 34.2. The van der Waals surface area contributed by atoms with Gasteiger partial charge in [0.15, 0.2) is 0 Å². The average Bonchev–Trinajstić information content (AvgIpc) is 2.81. The van der Waals surface area contributed by atoms with Crippen LogP contribution in [0.15, 0.2) is 48.5 Å². The van der Waals surface area contributed by atoms with Gasteiger partial charge in [0.1, 0.15) is 19.0 Å². The first-order valence-corrected chi connectivity index (χ1v) is 11.1. The molecule has 0 aliphatic heterocycles. The topological polar surface area (TPSA) is 120 Å². The largest absolute Gasteiger partial charge is 0.494 e. The molecule has 0 aromatic heterocycles. The van der Waals surface area contributed by atoms with Gasteiger partial charge in [-0.25, -0.2) is 0 Å². The van der Waals surface area contributed by atoms with Crippen LogP contribution < -0.4 is 15.4 Å². The van der Waals surface area contributed by atoms with Crippen LogP contribution in [-0.2, 0) is 14.3 Å². The van der Waals surface area contributed by atoms with Gasteiger partial charge < -0.3 is 20.1 Å². The highest BCUT2D eigenvalue weighted by molar-refractivity contribution is 5.93. The number of non-ortho nitro benzene ring substituents is 1. The van der Waals surface area contributed by atoms with Crippen LogP contribution in [-0.4, -0.2) is 36.6 Å². The van der Waals surface area contributed by atoms with E-state index in [-0.39, 0.29) is 24.6 Å². The average molecular weight is 456 g/mol. The van der Waals surface area contributed by atoms with E-state index < -0.39 is 16.7 Å². The van der Waals surface area contributed by atoms with Crippen LogP contribution in [0.4, 0.5) is 17.1 Å². The third-order valence-electron chi connectivity index (χ3n) is 5.46. The van der Waals surface area contributed by atoms with Gasteiger partial charge in [0.05, 0.1) is 11.5 Å². The van der Waals surface area contributed by atoms with Crippen molar-refractivity contribution in [2.75, 3.05) is 30.5 Å². The van der Waals surface area contributed by atoms with Gasteiger partial charge in [-0.3, -0.25) is 19.7 Å². The van der Waals surface area contributed by atoms with Crippen LogP contribution in [0.2, 0.25) is 0 Å². The molecule has 0 heterocycles. The maximum absolute atomic E-state index is 12.0. The zero-order valence-corrected chi connectivity index (χ0v) is 18.5. The second kappa shape index (κ2) is 12.5. The Balaban J connectivity index is 1.32. The third kappa shape index (κ3) is 8.53. The number of anilines is 2. The van der Waals surface area contributed by atoms with Crippen molar-refractivity contribution in [3.63, 3.8) is 0 Å². The maximum atomic E-state index is 12.0. The minimum Gasteiger partial charge on any atom is -0.494 e. The van der Waals surface area contributed by atoms with E-state index in [1.165, 1.54) is 56.4 Å². The summed E-state index contributed by atoms with van der Waals surface area (Å²) in [5.74, 6) is 0.616. The van der Waals surface area contributed by atoms with Crippen LogP contribution in [0.5, 0.6) is 5.75 Å². The molecule has 1 aliphatic carbocycles. The number of carbonyl (C=O) groups is 2. The number of nitro groups is 1. The number of amides is 2. The number of hydrogen-bond acceptors (Lipinski definition) is 6. The lowest BCUT2D eigenvalue weighted by Crippen LogP contribution is -2.24. The van der Waals surface area contributed by atoms with Crippen molar-refractivity contribution < 1.29 is 24.0 Å². The molecule has 33 heavy (non-hydrogen) atoms. The Bertz CT molecular complexity index is 941. The van der Waals surface area contributed by atoms with Crippen molar-refractivity contribution in [2.24, 2.45) is 5.92 Å². The van der Waals surface area contributed by atoms with E-state index in [4.69, 9.17) is 9.47 Å². The van der Waals surface area contributed by atoms with Crippen molar-refractivity contribution in [1.29, 1.82) is 0 Å². The van der Waals surface area contributed by atoms with Gasteiger partial charge in [0, 0.05) is 23.5 Å². The van der Waals surface area contributed by atoms with E-state index in [0.29, 0.717) is 12.3 Å². The van der Waals surface area contributed by atoms with E-state index in [1.54, 1.807) is 12.1 Å². The fourth-order valence-electron chi connectivity index (χ4n) is 3.78. The fraction of sp³-hybridized carbons (Fsp3) is 0.417. The quantitative estimate of drug-likeness (QED) is 0.379. The Morgan fingerprint density at radius 1 is 0.939 bits per heavy atom. The fourth-order valence-corrected chi connectivity index (χ4v) is 3.78. The minimum atomic E-state index is -0.549. The molecule has 0 spiro atoms. The number of nitro benzene ring substituents is 1. The van der Waals surface area contributed by atoms with Gasteiger partial charge in [-0.15, -0.1) is 0 Å². The Kier molecular flexibility index (Phi) is 9.19. The van der Waals surface area contributed by atoms with Gasteiger partial charge in [-0.05, 0) is 42.7 Å². The molecule has 9 heteroatoms. The number of nitrogens with zero attached hydrogens (tertiary/aromatic N) is 1. The van der Waals surface area contributed by atoms with Crippen molar-refractivity contribution in [3.05, 3.63) is 58.6 Å².